The highest BCUT2D eigenvalue weighted by Gasteiger charge is 2.54. The molecule has 4 aliphatic carbocycles. The molecule has 0 saturated heterocycles. The number of benzene rings is 1. The van der Waals surface area contributed by atoms with Crippen molar-refractivity contribution >= 4 is 23.5 Å². The lowest BCUT2D eigenvalue weighted by Crippen LogP contribution is -2.52. The van der Waals surface area contributed by atoms with Crippen molar-refractivity contribution in [3.63, 3.8) is 0 Å². The van der Waals surface area contributed by atoms with Gasteiger partial charge in [0, 0.05) is 11.8 Å². The van der Waals surface area contributed by atoms with Crippen LogP contribution in [0.3, 0.4) is 0 Å². The number of hydrogen-bond acceptors (Lipinski definition) is 4. The SMILES string of the molecule is O=C(N/N=C/c1cn(-c2ccccc2)nc1-c1cccs1)C12CC3CC(CC(C3)C1)C2. The van der Waals surface area contributed by atoms with Gasteiger partial charge < -0.3 is 0 Å². The molecule has 7 rings (SSSR count). The summed E-state index contributed by atoms with van der Waals surface area (Å²) >= 11 is 1.65. The topological polar surface area (TPSA) is 59.3 Å². The summed E-state index contributed by atoms with van der Waals surface area (Å²) in [7, 11) is 0. The van der Waals surface area contributed by atoms with Crippen LogP contribution in [0.1, 0.15) is 44.1 Å². The molecule has 2 heterocycles. The molecule has 4 saturated carbocycles. The van der Waals surface area contributed by atoms with E-state index < -0.39 is 0 Å². The summed E-state index contributed by atoms with van der Waals surface area (Å²) in [6.45, 7) is 0. The van der Waals surface area contributed by atoms with Crippen molar-refractivity contribution in [1.29, 1.82) is 0 Å². The Morgan fingerprint density at radius 1 is 1.06 bits per heavy atom. The van der Waals surface area contributed by atoms with E-state index in [1.165, 1.54) is 19.3 Å². The van der Waals surface area contributed by atoms with Crippen molar-refractivity contribution in [2.75, 3.05) is 0 Å². The number of nitrogens with zero attached hydrogens (tertiary/aromatic N) is 3. The number of amides is 1. The molecular weight excluding hydrogens is 404 g/mol. The molecule has 4 bridgehead atoms. The number of para-hydroxylation sites is 1. The molecule has 6 heteroatoms. The van der Waals surface area contributed by atoms with Crippen molar-refractivity contribution in [3.8, 4) is 16.3 Å². The number of nitrogens with one attached hydrogen (secondary N) is 1. The lowest BCUT2D eigenvalue weighted by atomic mass is 9.49. The zero-order valence-electron chi connectivity index (χ0n) is 17.4. The molecular formula is C25H26N4OS. The van der Waals surface area contributed by atoms with Crippen LogP contribution < -0.4 is 5.43 Å². The van der Waals surface area contributed by atoms with Gasteiger partial charge in [0.1, 0.15) is 5.69 Å². The molecule has 0 spiro atoms. The molecule has 4 fully saturated rings. The van der Waals surface area contributed by atoms with Gasteiger partial charge in [-0.15, -0.1) is 11.3 Å². The number of hydrogen-bond donors (Lipinski definition) is 1. The van der Waals surface area contributed by atoms with Gasteiger partial charge in [0.2, 0.25) is 5.91 Å². The van der Waals surface area contributed by atoms with Crippen molar-refractivity contribution in [3.05, 3.63) is 59.6 Å². The summed E-state index contributed by atoms with van der Waals surface area (Å²) in [6.07, 6.45) is 10.9. The Balaban J connectivity index is 1.24. The fraction of sp³-hybridized carbons (Fsp3) is 0.400. The van der Waals surface area contributed by atoms with Gasteiger partial charge in [-0.05, 0) is 79.9 Å². The van der Waals surface area contributed by atoms with Crippen LogP contribution in [0.15, 0.2) is 59.1 Å². The predicted octanol–water partition coefficient (Wildman–Crippen LogP) is 5.27. The third-order valence-corrected chi connectivity index (χ3v) is 8.28. The molecule has 1 amide bonds. The second-order valence-corrected chi connectivity index (χ2v) is 10.5. The maximum atomic E-state index is 13.2. The van der Waals surface area contributed by atoms with Crippen LogP contribution in [0.4, 0.5) is 0 Å². The van der Waals surface area contributed by atoms with E-state index in [0.717, 1.165) is 58.8 Å². The highest BCUT2D eigenvalue weighted by molar-refractivity contribution is 7.13. The molecule has 158 valence electrons. The molecule has 4 aliphatic rings. The van der Waals surface area contributed by atoms with Crippen LogP contribution in [0.5, 0.6) is 0 Å². The minimum atomic E-state index is -0.184. The average molecular weight is 431 g/mol. The quantitative estimate of drug-likeness (QED) is 0.443. The van der Waals surface area contributed by atoms with Crippen LogP contribution in [-0.2, 0) is 4.79 Å². The van der Waals surface area contributed by atoms with E-state index in [4.69, 9.17) is 5.10 Å². The van der Waals surface area contributed by atoms with Crippen molar-refractivity contribution in [2.45, 2.75) is 38.5 Å². The Morgan fingerprint density at radius 3 is 2.42 bits per heavy atom. The highest BCUT2D eigenvalue weighted by Crippen LogP contribution is 2.60. The Bertz CT molecular complexity index is 1080. The van der Waals surface area contributed by atoms with Crippen LogP contribution >= 0.6 is 11.3 Å². The second-order valence-electron chi connectivity index (χ2n) is 9.59. The van der Waals surface area contributed by atoms with Gasteiger partial charge >= 0.3 is 0 Å². The Morgan fingerprint density at radius 2 is 1.77 bits per heavy atom. The largest absolute Gasteiger partial charge is 0.273 e. The first kappa shape index (κ1) is 19.0. The molecule has 31 heavy (non-hydrogen) atoms. The summed E-state index contributed by atoms with van der Waals surface area (Å²) < 4.78 is 1.87. The zero-order chi connectivity index (χ0) is 20.8. The van der Waals surface area contributed by atoms with Crippen LogP contribution in [-0.4, -0.2) is 21.9 Å². The maximum Gasteiger partial charge on any atom is 0.246 e. The molecule has 0 aliphatic heterocycles. The molecule has 5 nitrogen and oxygen atoms in total. The molecule has 2 aromatic heterocycles. The van der Waals surface area contributed by atoms with E-state index in [2.05, 4.69) is 16.6 Å². The van der Waals surface area contributed by atoms with Gasteiger partial charge in [-0.2, -0.15) is 10.2 Å². The van der Waals surface area contributed by atoms with E-state index >= 15 is 0 Å². The van der Waals surface area contributed by atoms with Crippen LogP contribution in [0, 0.1) is 23.2 Å². The summed E-state index contributed by atoms with van der Waals surface area (Å²) in [6, 6.07) is 14.1. The van der Waals surface area contributed by atoms with E-state index in [9.17, 15) is 4.79 Å². The van der Waals surface area contributed by atoms with Gasteiger partial charge in [-0.25, -0.2) is 10.1 Å². The number of thiophene rings is 1. The Kier molecular flexibility index (Phi) is 4.56. The lowest BCUT2D eigenvalue weighted by Gasteiger charge is -2.55. The van der Waals surface area contributed by atoms with E-state index in [1.807, 2.05) is 52.7 Å². The molecule has 0 radical (unpaired) electrons. The fourth-order valence-electron chi connectivity index (χ4n) is 6.47. The van der Waals surface area contributed by atoms with E-state index in [0.29, 0.717) is 0 Å². The molecule has 0 unspecified atom stereocenters. The van der Waals surface area contributed by atoms with Gasteiger partial charge in [0.05, 0.1) is 22.2 Å². The normalized spacial score (nSPS) is 29.0. The monoisotopic (exact) mass is 430 g/mol. The smallest absolute Gasteiger partial charge is 0.246 e. The molecule has 1 aromatic carbocycles. The summed E-state index contributed by atoms with van der Waals surface area (Å²) in [4.78, 5) is 14.3. The highest BCUT2D eigenvalue weighted by atomic mass is 32.1. The van der Waals surface area contributed by atoms with Crippen LogP contribution in [0.25, 0.3) is 16.3 Å². The van der Waals surface area contributed by atoms with Gasteiger partial charge in [-0.1, -0.05) is 24.3 Å². The molecule has 0 atom stereocenters. The first-order chi connectivity index (χ1) is 15.2. The Labute approximate surface area is 186 Å². The lowest BCUT2D eigenvalue weighted by molar-refractivity contribution is -0.146. The number of aromatic nitrogens is 2. The number of carbonyl (C=O) groups excluding carboxylic acids is 1. The van der Waals surface area contributed by atoms with Crippen molar-refractivity contribution in [1.82, 2.24) is 15.2 Å². The third-order valence-electron chi connectivity index (χ3n) is 7.41. The van der Waals surface area contributed by atoms with Gasteiger partial charge in [-0.3, -0.25) is 4.79 Å². The number of hydrazone groups is 1. The maximum absolute atomic E-state index is 13.2. The summed E-state index contributed by atoms with van der Waals surface area (Å²) in [5, 5.41) is 11.2. The average Bonchev–Trinajstić information content (AvgIpc) is 3.43. The number of carbonyl (C=O) groups is 1. The van der Waals surface area contributed by atoms with E-state index in [-0.39, 0.29) is 11.3 Å². The first-order valence-corrected chi connectivity index (χ1v) is 12.1. The summed E-state index contributed by atoms with van der Waals surface area (Å²) in [5.41, 5.74) is 5.50. The minimum Gasteiger partial charge on any atom is -0.273 e. The van der Waals surface area contributed by atoms with E-state index in [1.54, 1.807) is 17.6 Å². The molecule has 3 aromatic rings. The van der Waals surface area contributed by atoms with Crippen LogP contribution in [0.2, 0.25) is 0 Å². The fourth-order valence-corrected chi connectivity index (χ4v) is 7.20. The van der Waals surface area contributed by atoms with Crippen molar-refractivity contribution in [2.24, 2.45) is 28.3 Å². The third kappa shape index (κ3) is 3.43. The number of rotatable bonds is 5. The first-order valence-electron chi connectivity index (χ1n) is 11.2. The minimum absolute atomic E-state index is 0.121. The summed E-state index contributed by atoms with van der Waals surface area (Å²) in [5.74, 6) is 2.36. The predicted molar refractivity (Wildman–Crippen MR) is 123 cm³/mol. The second kappa shape index (κ2) is 7.45. The zero-order valence-corrected chi connectivity index (χ0v) is 18.2. The molecule has 1 N–H and O–H groups in total. The van der Waals surface area contributed by atoms with Gasteiger partial charge in [0.25, 0.3) is 0 Å². The van der Waals surface area contributed by atoms with Crippen molar-refractivity contribution < 1.29 is 4.79 Å². The Hall–Kier alpha value is -2.73. The standard InChI is InChI=1S/C25H26N4OS/c30-24(25-12-17-9-18(13-25)11-19(10-17)14-25)27-26-15-20-16-29(21-5-2-1-3-6-21)28-23(20)22-7-4-8-31-22/h1-8,15-19H,9-14H2,(H,27,30)/b26-15+. The van der Waals surface area contributed by atoms with Gasteiger partial charge in [0.15, 0.2) is 0 Å².